The molecule has 2 atom stereocenters. The maximum atomic E-state index is 14.0. The maximum Gasteiger partial charge on any atom is 0.410 e. The molecule has 2 aromatic rings. The molecule has 1 saturated heterocycles. The summed E-state index contributed by atoms with van der Waals surface area (Å²) < 4.78 is 32.9. The first-order valence-electron chi connectivity index (χ1n) is 9.14. The average Bonchev–Trinajstić information content (AvgIpc) is 3.13. The van der Waals surface area contributed by atoms with Crippen molar-refractivity contribution < 1.29 is 28.2 Å². The fourth-order valence-electron chi connectivity index (χ4n) is 3.33. The number of carbonyl (C=O) groups is 2. The van der Waals surface area contributed by atoms with Crippen LogP contribution in [0.2, 0.25) is 5.02 Å². The maximum absolute atomic E-state index is 14.0. The number of hydrogen-bond acceptors (Lipinski definition) is 6. The van der Waals surface area contributed by atoms with Gasteiger partial charge in [-0.05, 0) is 17.7 Å². The Morgan fingerprint density at radius 1 is 1.42 bits per heavy atom. The van der Waals surface area contributed by atoms with Crippen LogP contribution in [0.4, 0.5) is 13.6 Å². The van der Waals surface area contributed by atoms with Crippen LogP contribution in [0.25, 0.3) is 0 Å². The third kappa shape index (κ3) is 4.46. The molecular formula is C19H19ClF2N4O5. The number of ether oxygens (including phenoxy) is 1. The molecule has 0 bridgehead atoms. The zero-order chi connectivity index (χ0) is 22.9. The van der Waals surface area contributed by atoms with Crippen LogP contribution in [0.1, 0.15) is 34.3 Å². The largest absolute Gasteiger partial charge is 0.501 e. The Labute approximate surface area is 180 Å². The smallest absolute Gasteiger partial charge is 0.410 e. The van der Waals surface area contributed by atoms with Gasteiger partial charge in [0.25, 0.3) is 11.5 Å². The minimum absolute atomic E-state index is 0.0803. The van der Waals surface area contributed by atoms with Gasteiger partial charge in [-0.15, -0.1) is 0 Å². The van der Waals surface area contributed by atoms with E-state index in [9.17, 15) is 28.3 Å². The van der Waals surface area contributed by atoms with E-state index in [4.69, 9.17) is 11.6 Å². The molecule has 1 aromatic carbocycles. The number of rotatable bonds is 4. The Hall–Kier alpha value is -3.21. The summed E-state index contributed by atoms with van der Waals surface area (Å²) in [6, 6.07) is 2.88. The Kier molecular flexibility index (Phi) is 6.44. The first-order chi connectivity index (χ1) is 14.6. The van der Waals surface area contributed by atoms with E-state index in [1.807, 2.05) is 0 Å². The van der Waals surface area contributed by atoms with E-state index < -0.39 is 47.0 Å². The highest BCUT2D eigenvalue weighted by Gasteiger charge is 2.40. The molecule has 1 aromatic heterocycles. The van der Waals surface area contributed by atoms with Crippen LogP contribution in [0, 0.1) is 5.82 Å². The fraction of sp³-hybridized carbons (Fsp3) is 0.368. The van der Waals surface area contributed by atoms with Crippen molar-refractivity contribution in [1.29, 1.82) is 0 Å². The van der Waals surface area contributed by atoms with Crippen LogP contribution < -0.4 is 10.9 Å². The van der Waals surface area contributed by atoms with Crippen molar-refractivity contribution in [3.8, 4) is 5.75 Å². The van der Waals surface area contributed by atoms with E-state index in [0.717, 1.165) is 22.6 Å². The van der Waals surface area contributed by atoms with Crippen molar-refractivity contribution in [2.24, 2.45) is 7.05 Å². The molecule has 2 N–H and O–H groups in total. The zero-order valence-corrected chi connectivity index (χ0v) is 17.3. The van der Waals surface area contributed by atoms with Crippen LogP contribution in [0.3, 0.4) is 0 Å². The van der Waals surface area contributed by atoms with Crippen LogP contribution in [0.15, 0.2) is 23.0 Å². The second kappa shape index (κ2) is 8.88. The van der Waals surface area contributed by atoms with Gasteiger partial charge in [0, 0.05) is 20.0 Å². The van der Waals surface area contributed by atoms with Crippen LogP contribution in [0.5, 0.6) is 5.75 Å². The number of hydrogen-bond donors (Lipinski definition) is 2. The molecule has 2 amide bonds. The number of likely N-dealkylation sites (tertiary alicyclic amines) is 1. The quantitative estimate of drug-likeness (QED) is 0.728. The van der Waals surface area contributed by atoms with Crippen LogP contribution in [-0.2, 0) is 18.3 Å². The predicted molar refractivity (Wildman–Crippen MR) is 105 cm³/mol. The normalized spacial score (nSPS) is 18.2. The van der Waals surface area contributed by atoms with E-state index in [1.54, 1.807) is 0 Å². The zero-order valence-electron chi connectivity index (χ0n) is 16.6. The lowest BCUT2D eigenvalue weighted by atomic mass is 10.1. The molecule has 12 heteroatoms. The Morgan fingerprint density at radius 3 is 2.77 bits per heavy atom. The SMILES string of the molecule is COC(=O)N1C[C@@H](F)C[C@H]1c1nc(C(=O)NCc2ccc(F)c(Cl)c2)c(O)c(=O)n1C. The van der Waals surface area contributed by atoms with Crippen LogP contribution >= 0.6 is 11.6 Å². The third-order valence-electron chi connectivity index (χ3n) is 4.91. The summed E-state index contributed by atoms with van der Waals surface area (Å²) in [5.74, 6) is -2.50. The molecule has 0 radical (unpaired) electrons. The minimum Gasteiger partial charge on any atom is -0.501 e. The van der Waals surface area contributed by atoms with E-state index in [2.05, 4.69) is 15.0 Å². The molecule has 3 rings (SSSR count). The van der Waals surface area contributed by atoms with E-state index >= 15 is 0 Å². The lowest BCUT2D eigenvalue weighted by Gasteiger charge is -2.24. The second-order valence-corrected chi connectivity index (χ2v) is 7.34. The molecule has 31 heavy (non-hydrogen) atoms. The number of benzene rings is 1. The van der Waals surface area contributed by atoms with Crippen molar-refractivity contribution in [2.75, 3.05) is 13.7 Å². The van der Waals surface area contributed by atoms with Crippen molar-refractivity contribution in [2.45, 2.75) is 25.2 Å². The van der Waals surface area contributed by atoms with Gasteiger partial charge in [-0.25, -0.2) is 18.6 Å². The molecule has 0 aliphatic carbocycles. The number of aromatic hydroxyl groups is 1. The number of nitrogens with zero attached hydrogens (tertiary/aromatic N) is 3. The van der Waals surface area contributed by atoms with Crippen molar-refractivity contribution in [3.63, 3.8) is 0 Å². The highest BCUT2D eigenvalue weighted by atomic mass is 35.5. The van der Waals surface area contributed by atoms with Gasteiger partial charge in [0.1, 0.15) is 17.8 Å². The first kappa shape index (κ1) is 22.5. The molecule has 166 valence electrons. The van der Waals surface area contributed by atoms with Crippen molar-refractivity contribution in [3.05, 3.63) is 56.5 Å². The van der Waals surface area contributed by atoms with Gasteiger partial charge in [-0.1, -0.05) is 17.7 Å². The molecule has 0 saturated carbocycles. The Bertz CT molecular complexity index is 1090. The lowest BCUT2D eigenvalue weighted by Crippen LogP contribution is -2.36. The summed E-state index contributed by atoms with van der Waals surface area (Å²) in [6.07, 6.45) is -2.35. The highest BCUT2D eigenvalue weighted by Crippen LogP contribution is 2.33. The number of methoxy groups -OCH3 is 1. The Morgan fingerprint density at radius 2 is 2.13 bits per heavy atom. The second-order valence-electron chi connectivity index (χ2n) is 6.93. The van der Waals surface area contributed by atoms with Crippen molar-refractivity contribution in [1.82, 2.24) is 19.8 Å². The lowest BCUT2D eigenvalue weighted by molar-refractivity contribution is 0.0941. The molecule has 1 aliphatic heterocycles. The van der Waals surface area contributed by atoms with Crippen molar-refractivity contribution >= 4 is 23.6 Å². The van der Waals surface area contributed by atoms with Gasteiger partial charge >= 0.3 is 6.09 Å². The van der Waals surface area contributed by atoms with Gasteiger partial charge in [0.15, 0.2) is 5.69 Å². The number of amides is 2. The summed E-state index contributed by atoms with van der Waals surface area (Å²) in [7, 11) is 2.42. The Balaban J connectivity index is 1.91. The number of halogens is 3. The highest BCUT2D eigenvalue weighted by molar-refractivity contribution is 6.30. The molecule has 2 heterocycles. The standard InChI is InChI=1S/C19H19ClF2N4O5/c1-25-16(13-6-10(21)8-26(13)19(30)31-2)24-14(15(27)18(25)29)17(28)23-7-9-3-4-12(22)11(20)5-9/h3-5,10,13,27H,6-8H2,1-2H3,(H,23,28)/t10-,13-/m0/s1. The van der Waals surface area contributed by atoms with Gasteiger partial charge in [-0.2, -0.15) is 0 Å². The minimum atomic E-state index is -1.38. The fourth-order valence-corrected chi connectivity index (χ4v) is 3.53. The number of carbonyl (C=O) groups excluding carboxylic acids is 2. The summed E-state index contributed by atoms with van der Waals surface area (Å²) in [6.45, 7) is -0.351. The third-order valence-corrected chi connectivity index (χ3v) is 5.20. The summed E-state index contributed by atoms with van der Waals surface area (Å²) in [4.78, 5) is 42.2. The van der Waals surface area contributed by atoms with E-state index in [0.29, 0.717) is 5.56 Å². The molecule has 0 spiro atoms. The summed E-state index contributed by atoms with van der Waals surface area (Å²) >= 11 is 5.71. The number of aromatic nitrogens is 2. The van der Waals surface area contributed by atoms with Gasteiger partial charge in [0.05, 0.1) is 24.7 Å². The number of alkyl halides is 1. The molecule has 0 unspecified atom stereocenters. The molecule has 9 nitrogen and oxygen atoms in total. The van der Waals surface area contributed by atoms with E-state index in [1.165, 1.54) is 19.2 Å². The summed E-state index contributed by atoms with van der Waals surface area (Å²) in [5, 5.41) is 12.5. The number of nitrogens with one attached hydrogen (secondary N) is 1. The van der Waals surface area contributed by atoms with E-state index in [-0.39, 0.29) is 30.4 Å². The molecular weight excluding hydrogens is 438 g/mol. The van der Waals surface area contributed by atoms with Gasteiger partial charge < -0.3 is 15.2 Å². The monoisotopic (exact) mass is 456 g/mol. The predicted octanol–water partition coefficient (Wildman–Crippen LogP) is 2.06. The van der Waals surface area contributed by atoms with Gasteiger partial charge in [-0.3, -0.25) is 19.1 Å². The average molecular weight is 457 g/mol. The van der Waals surface area contributed by atoms with Crippen LogP contribution in [-0.4, -0.2) is 51.4 Å². The van der Waals surface area contributed by atoms with Gasteiger partial charge in [0.2, 0.25) is 5.75 Å². The first-order valence-corrected chi connectivity index (χ1v) is 9.52. The molecule has 1 fully saturated rings. The molecule has 1 aliphatic rings. The summed E-state index contributed by atoms with van der Waals surface area (Å²) in [5.41, 5.74) is -1.05. The topological polar surface area (TPSA) is 114 Å².